The molecule has 2 aromatic heterocycles. The van der Waals surface area contributed by atoms with Crippen molar-refractivity contribution in [3.05, 3.63) is 77.5 Å². The van der Waals surface area contributed by atoms with E-state index in [-0.39, 0.29) is 28.3 Å². The van der Waals surface area contributed by atoms with Crippen LogP contribution in [0.5, 0.6) is 5.75 Å². The number of aliphatic hydroxyl groups is 1. The molecule has 190 valence electrons. The molecule has 0 spiro atoms. The van der Waals surface area contributed by atoms with E-state index in [1.165, 1.54) is 22.8 Å². The Morgan fingerprint density at radius 1 is 1.08 bits per heavy atom. The number of ether oxygens (including phenoxy) is 1. The molecule has 0 saturated heterocycles. The molecule has 1 unspecified atom stereocenters. The molecule has 0 amide bonds. The van der Waals surface area contributed by atoms with E-state index in [1.807, 2.05) is 0 Å². The Bertz CT molecular complexity index is 1390. The highest BCUT2D eigenvalue weighted by molar-refractivity contribution is 5.70. The van der Waals surface area contributed by atoms with E-state index in [0.29, 0.717) is 0 Å². The van der Waals surface area contributed by atoms with Crippen LogP contribution >= 0.6 is 0 Å². The predicted octanol–water partition coefficient (Wildman–Crippen LogP) is 5.51. The van der Waals surface area contributed by atoms with Crippen LogP contribution in [0.3, 0.4) is 0 Å². The minimum atomic E-state index is -3.83. The Morgan fingerprint density at radius 2 is 1.78 bits per heavy atom. The van der Waals surface area contributed by atoms with Crippen molar-refractivity contribution in [1.82, 2.24) is 14.6 Å². The van der Waals surface area contributed by atoms with Gasteiger partial charge in [-0.2, -0.15) is 4.98 Å². The van der Waals surface area contributed by atoms with Crippen LogP contribution in [-0.4, -0.2) is 32.2 Å². The number of anilines is 1. The zero-order valence-electron chi connectivity index (χ0n) is 18.7. The van der Waals surface area contributed by atoms with Gasteiger partial charge >= 0.3 is 0 Å². The van der Waals surface area contributed by atoms with Gasteiger partial charge in [0.05, 0.1) is 12.2 Å². The molecule has 0 aliphatic heterocycles. The van der Waals surface area contributed by atoms with Gasteiger partial charge in [-0.1, -0.05) is 18.2 Å². The van der Waals surface area contributed by atoms with E-state index in [0.717, 1.165) is 43.3 Å². The molecule has 0 saturated carbocycles. The second-order valence-corrected chi connectivity index (χ2v) is 8.22. The predicted molar refractivity (Wildman–Crippen MR) is 119 cm³/mol. The maximum absolute atomic E-state index is 15.3. The van der Waals surface area contributed by atoms with Crippen molar-refractivity contribution in [3.8, 4) is 16.9 Å². The van der Waals surface area contributed by atoms with Gasteiger partial charge in [0.1, 0.15) is 5.82 Å². The standard InChI is InChI=1S/C24H20F6N4O2/c1-23(35,14-2-4-15(25)5-3-14)24(29,30)9-11-36-20-17(21(27)28)7-6-16(19(20)26)13-8-10-34-18(12-13)32-22(31)33-34/h2-8,10,12,21,35H,9,11H2,1H3,(H2,31,33). The highest BCUT2D eigenvalue weighted by Crippen LogP contribution is 2.41. The van der Waals surface area contributed by atoms with Gasteiger partial charge in [0.2, 0.25) is 5.95 Å². The summed E-state index contributed by atoms with van der Waals surface area (Å²) in [4.78, 5) is 3.95. The van der Waals surface area contributed by atoms with E-state index < -0.39 is 53.9 Å². The lowest BCUT2D eigenvalue weighted by Gasteiger charge is -2.33. The topological polar surface area (TPSA) is 85.7 Å². The smallest absolute Gasteiger partial charge is 0.283 e. The van der Waals surface area contributed by atoms with Crippen LogP contribution < -0.4 is 10.5 Å². The summed E-state index contributed by atoms with van der Waals surface area (Å²) in [6.07, 6.45) is -2.85. The van der Waals surface area contributed by atoms with Gasteiger partial charge in [0, 0.05) is 18.2 Å². The van der Waals surface area contributed by atoms with Crippen molar-refractivity contribution >= 4 is 11.6 Å². The molecule has 2 heterocycles. The highest BCUT2D eigenvalue weighted by Gasteiger charge is 2.50. The Kier molecular flexibility index (Phi) is 6.56. The van der Waals surface area contributed by atoms with Crippen molar-refractivity contribution in [1.29, 1.82) is 0 Å². The minimum Gasteiger partial charge on any atom is -0.490 e. The van der Waals surface area contributed by atoms with Crippen molar-refractivity contribution in [2.24, 2.45) is 0 Å². The molecule has 4 rings (SSSR count). The van der Waals surface area contributed by atoms with Crippen LogP contribution in [-0.2, 0) is 5.60 Å². The summed E-state index contributed by atoms with van der Waals surface area (Å²) in [6.45, 7) is -0.0659. The molecule has 36 heavy (non-hydrogen) atoms. The van der Waals surface area contributed by atoms with E-state index in [9.17, 15) is 27.1 Å². The van der Waals surface area contributed by atoms with Gasteiger partial charge in [-0.05, 0) is 48.4 Å². The van der Waals surface area contributed by atoms with Crippen molar-refractivity contribution in [3.63, 3.8) is 0 Å². The summed E-state index contributed by atoms with van der Waals surface area (Å²) in [5, 5.41) is 14.3. The number of aromatic nitrogens is 3. The Labute approximate surface area is 201 Å². The molecular formula is C24H20F6N4O2. The first-order valence-corrected chi connectivity index (χ1v) is 10.6. The maximum atomic E-state index is 15.3. The molecule has 0 fully saturated rings. The van der Waals surface area contributed by atoms with E-state index in [4.69, 9.17) is 10.5 Å². The van der Waals surface area contributed by atoms with Crippen LogP contribution in [0.15, 0.2) is 54.7 Å². The number of alkyl halides is 4. The normalized spacial score (nSPS) is 13.8. The summed E-state index contributed by atoms with van der Waals surface area (Å²) in [5.41, 5.74) is 2.09. The van der Waals surface area contributed by atoms with Gasteiger partial charge in [-0.15, -0.1) is 5.10 Å². The number of halogens is 6. The molecule has 6 nitrogen and oxygen atoms in total. The first-order chi connectivity index (χ1) is 16.9. The molecule has 1 atom stereocenters. The minimum absolute atomic E-state index is 0.0258. The number of nitrogens with two attached hydrogens (primary N) is 1. The molecule has 0 aliphatic rings. The molecule has 0 bridgehead atoms. The lowest BCUT2D eigenvalue weighted by molar-refractivity contribution is -0.184. The third-order valence-electron chi connectivity index (χ3n) is 5.81. The average Bonchev–Trinajstić information content (AvgIpc) is 3.19. The molecule has 3 N–H and O–H groups in total. The SMILES string of the molecule is CC(O)(c1ccc(F)cc1)C(F)(F)CCOc1c(C(F)F)ccc(-c2ccn3nc(N)nc3c2)c1F. The largest absolute Gasteiger partial charge is 0.490 e. The van der Waals surface area contributed by atoms with Crippen LogP contribution in [0.25, 0.3) is 16.8 Å². The average molecular weight is 510 g/mol. The van der Waals surface area contributed by atoms with Crippen molar-refractivity contribution < 1.29 is 36.2 Å². The zero-order valence-corrected chi connectivity index (χ0v) is 18.7. The number of rotatable bonds is 8. The van der Waals surface area contributed by atoms with Crippen LogP contribution in [0, 0.1) is 11.6 Å². The monoisotopic (exact) mass is 510 g/mol. The third-order valence-corrected chi connectivity index (χ3v) is 5.81. The highest BCUT2D eigenvalue weighted by atomic mass is 19.3. The molecule has 2 aromatic carbocycles. The number of fused-ring (bicyclic) bond motifs is 1. The summed E-state index contributed by atoms with van der Waals surface area (Å²) >= 11 is 0. The molecule has 0 aliphatic carbocycles. The fourth-order valence-corrected chi connectivity index (χ4v) is 3.69. The van der Waals surface area contributed by atoms with E-state index in [2.05, 4.69) is 10.1 Å². The molecule has 12 heteroatoms. The number of pyridine rings is 1. The maximum Gasteiger partial charge on any atom is 0.283 e. The molecule has 0 radical (unpaired) electrons. The van der Waals surface area contributed by atoms with E-state index >= 15 is 4.39 Å². The van der Waals surface area contributed by atoms with Gasteiger partial charge < -0.3 is 15.6 Å². The summed E-state index contributed by atoms with van der Waals surface area (Å²) in [7, 11) is 0. The number of hydrogen-bond donors (Lipinski definition) is 2. The Hall–Kier alpha value is -3.80. The fourth-order valence-electron chi connectivity index (χ4n) is 3.69. The number of nitrogens with zero attached hydrogens (tertiary/aromatic N) is 3. The number of benzene rings is 2. The van der Waals surface area contributed by atoms with Gasteiger partial charge in [0.15, 0.2) is 22.8 Å². The van der Waals surface area contributed by atoms with Crippen molar-refractivity contribution in [2.45, 2.75) is 31.3 Å². The van der Waals surface area contributed by atoms with Crippen LogP contribution in [0.4, 0.5) is 32.3 Å². The first kappa shape index (κ1) is 25.3. The zero-order chi connectivity index (χ0) is 26.3. The lowest BCUT2D eigenvalue weighted by atomic mass is 9.87. The first-order valence-electron chi connectivity index (χ1n) is 10.6. The molecule has 4 aromatic rings. The third kappa shape index (κ3) is 4.68. The fraction of sp³-hybridized carbons (Fsp3) is 0.250. The van der Waals surface area contributed by atoms with Crippen molar-refractivity contribution in [2.75, 3.05) is 12.3 Å². The second kappa shape index (κ2) is 9.34. The summed E-state index contributed by atoms with van der Waals surface area (Å²) in [5.74, 6) is -6.61. The Morgan fingerprint density at radius 3 is 2.44 bits per heavy atom. The second-order valence-electron chi connectivity index (χ2n) is 8.22. The number of hydrogen-bond acceptors (Lipinski definition) is 5. The summed E-state index contributed by atoms with van der Waals surface area (Å²) < 4.78 is 91.7. The van der Waals surface area contributed by atoms with Crippen LogP contribution in [0.2, 0.25) is 0 Å². The van der Waals surface area contributed by atoms with Gasteiger partial charge in [-0.3, -0.25) is 0 Å². The van der Waals surface area contributed by atoms with Gasteiger partial charge in [0.25, 0.3) is 12.3 Å². The molecular weight excluding hydrogens is 490 g/mol. The Balaban J connectivity index is 1.60. The van der Waals surface area contributed by atoms with E-state index in [1.54, 1.807) is 0 Å². The van der Waals surface area contributed by atoms with Crippen LogP contribution in [0.1, 0.15) is 30.9 Å². The lowest BCUT2D eigenvalue weighted by Crippen LogP contribution is -2.43. The quantitative estimate of drug-likeness (QED) is 0.306. The summed E-state index contributed by atoms with van der Waals surface area (Å²) in [6, 6.07) is 8.75. The number of nitrogen functional groups attached to an aromatic ring is 1. The van der Waals surface area contributed by atoms with Gasteiger partial charge in [-0.25, -0.2) is 30.9 Å².